The molecule has 0 aliphatic carbocycles. The highest BCUT2D eigenvalue weighted by Crippen LogP contribution is 2.26. The lowest BCUT2D eigenvalue weighted by atomic mass is 9.98. The fourth-order valence-corrected chi connectivity index (χ4v) is 3.62. The van der Waals surface area contributed by atoms with Crippen LogP contribution in [0.5, 0.6) is 5.88 Å². The average Bonchev–Trinajstić information content (AvgIpc) is 2.80. The van der Waals surface area contributed by atoms with Crippen molar-refractivity contribution >= 4 is 5.91 Å². The van der Waals surface area contributed by atoms with Gasteiger partial charge in [0.2, 0.25) is 5.88 Å². The molecule has 0 N–H and O–H groups in total. The van der Waals surface area contributed by atoms with E-state index in [1.807, 2.05) is 36.1 Å². The van der Waals surface area contributed by atoms with E-state index in [1.165, 1.54) is 0 Å². The minimum absolute atomic E-state index is 0.0717. The van der Waals surface area contributed by atoms with E-state index < -0.39 is 0 Å². The van der Waals surface area contributed by atoms with Gasteiger partial charge in [-0.3, -0.25) is 4.79 Å². The summed E-state index contributed by atoms with van der Waals surface area (Å²) in [7, 11) is 0. The Hall–Kier alpha value is -3.79. The Kier molecular flexibility index (Phi) is 5.66. The number of pyridine rings is 1. The number of nitriles is 1. The predicted molar refractivity (Wildman–Crippen MR) is 111 cm³/mol. The van der Waals surface area contributed by atoms with Crippen molar-refractivity contribution in [2.45, 2.75) is 31.9 Å². The Morgan fingerprint density at radius 2 is 1.90 bits per heavy atom. The number of nitrogens with zero attached hydrogens (tertiary/aromatic N) is 5. The van der Waals surface area contributed by atoms with Gasteiger partial charge in [-0.2, -0.15) is 5.26 Å². The Bertz CT molecular complexity index is 1080. The van der Waals surface area contributed by atoms with Crippen LogP contribution < -0.4 is 4.74 Å². The first-order valence-corrected chi connectivity index (χ1v) is 9.86. The van der Waals surface area contributed by atoms with Crippen LogP contribution in [0.2, 0.25) is 0 Å². The third kappa shape index (κ3) is 4.13. The van der Waals surface area contributed by atoms with Gasteiger partial charge in [0.05, 0.1) is 23.7 Å². The summed E-state index contributed by atoms with van der Waals surface area (Å²) >= 11 is 0. The molecule has 7 heteroatoms. The van der Waals surface area contributed by atoms with Gasteiger partial charge in [-0.1, -0.05) is 18.2 Å². The van der Waals surface area contributed by atoms with Crippen LogP contribution in [0.4, 0.5) is 0 Å². The van der Waals surface area contributed by atoms with Crippen molar-refractivity contribution in [3.05, 3.63) is 72.2 Å². The van der Waals surface area contributed by atoms with E-state index in [4.69, 9.17) is 10.00 Å². The molecule has 1 amide bonds. The predicted octanol–water partition coefficient (Wildman–Crippen LogP) is 3.48. The summed E-state index contributed by atoms with van der Waals surface area (Å²) in [6.45, 7) is 2.49. The molecule has 3 aromatic rings. The number of carbonyl (C=O) groups excluding carboxylic acids is 1. The maximum atomic E-state index is 13.5. The van der Waals surface area contributed by atoms with E-state index >= 15 is 0 Å². The molecule has 0 bridgehead atoms. The summed E-state index contributed by atoms with van der Waals surface area (Å²) in [6.07, 6.45) is 6.33. The standard InChI is InChI=1S/C23H21N5O2/c1-16-7-8-18(30-21-13-17(14-24)9-12-25-21)15-28(16)23(29)20-6-3-2-5-19(20)22-26-10-4-11-27-22/h2-6,9-13,16,18H,7-8,15H2,1H3. The highest BCUT2D eigenvalue weighted by molar-refractivity contribution is 6.00. The second kappa shape index (κ2) is 8.70. The number of aromatic nitrogens is 3. The van der Waals surface area contributed by atoms with Gasteiger partial charge in [0, 0.05) is 36.3 Å². The zero-order chi connectivity index (χ0) is 20.9. The third-order valence-corrected chi connectivity index (χ3v) is 5.22. The SMILES string of the molecule is CC1CCC(Oc2cc(C#N)ccn2)CN1C(=O)c1ccccc1-c1ncccn1. The fourth-order valence-electron chi connectivity index (χ4n) is 3.62. The first kappa shape index (κ1) is 19.5. The molecule has 1 aromatic carbocycles. The van der Waals surface area contributed by atoms with E-state index in [-0.39, 0.29) is 18.1 Å². The van der Waals surface area contributed by atoms with Crippen LogP contribution >= 0.6 is 0 Å². The third-order valence-electron chi connectivity index (χ3n) is 5.22. The summed E-state index contributed by atoms with van der Waals surface area (Å²) in [5.74, 6) is 0.855. The lowest BCUT2D eigenvalue weighted by Crippen LogP contribution is -2.49. The summed E-state index contributed by atoms with van der Waals surface area (Å²) in [6, 6.07) is 14.6. The van der Waals surface area contributed by atoms with E-state index in [2.05, 4.69) is 21.0 Å². The van der Waals surface area contributed by atoms with Crippen molar-refractivity contribution < 1.29 is 9.53 Å². The molecular weight excluding hydrogens is 378 g/mol. The van der Waals surface area contributed by atoms with Gasteiger partial charge < -0.3 is 9.64 Å². The number of amides is 1. The number of hydrogen-bond acceptors (Lipinski definition) is 6. The number of rotatable bonds is 4. The fraction of sp³-hybridized carbons (Fsp3) is 0.261. The minimum atomic E-state index is -0.188. The number of hydrogen-bond donors (Lipinski definition) is 0. The first-order valence-electron chi connectivity index (χ1n) is 9.86. The van der Waals surface area contributed by atoms with Crippen molar-refractivity contribution in [1.82, 2.24) is 19.9 Å². The molecule has 0 spiro atoms. The van der Waals surface area contributed by atoms with Crippen molar-refractivity contribution in [2.24, 2.45) is 0 Å². The van der Waals surface area contributed by atoms with Gasteiger partial charge in [0.1, 0.15) is 6.10 Å². The largest absolute Gasteiger partial charge is 0.472 e. The van der Waals surface area contributed by atoms with Gasteiger partial charge in [0.15, 0.2) is 5.82 Å². The Balaban J connectivity index is 1.56. The maximum Gasteiger partial charge on any atom is 0.254 e. The second-order valence-electron chi connectivity index (χ2n) is 7.24. The minimum Gasteiger partial charge on any atom is -0.472 e. The van der Waals surface area contributed by atoms with Gasteiger partial charge >= 0.3 is 0 Å². The van der Waals surface area contributed by atoms with Crippen LogP contribution in [-0.2, 0) is 0 Å². The van der Waals surface area contributed by atoms with Crippen molar-refractivity contribution in [2.75, 3.05) is 6.54 Å². The second-order valence-corrected chi connectivity index (χ2v) is 7.24. The molecule has 2 aromatic heterocycles. The van der Waals surface area contributed by atoms with Gasteiger partial charge in [-0.25, -0.2) is 15.0 Å². The quantitative estimate of drug-likeness (QED) is 0.667. The van der Waals surface area contributed by atoms with Gasteiger partial charge in [-0.05, 0) is 38.0 Å². The average molecular weight is 399 g/mol. The Morgan fingerprint density at radius 3 is 2.70 bits per heavy atom. The van der Waals surface area contributed by atoms with Crippen molar-refractivity contribution in [3.63, 3.8) is 0 Å². The molecule has 30 heavy (non-hydrogen) atoms. The Morgan fingerprint density at radius 1 is 1.10 bits per heavy atom. The highest BCUT2D eigenvalue weighted by atomic mass is 16.5. The molecule has 1 fully saturated rings. The molecule has 1 aliphatic heterocycles. The summed E-state index contributed by atoms with van der Waals surface area (Å²) in [5.41, 5.74) is 1.77. The van der Waals surface area contributed by atoms with Crippen molar-refractivity contribution in [3.8, 4) is 23.3 Å². The van der Waals surface area contributed by atoms with E-state index in [1.54, 1.807) is 36.8 Å². The molecule has 1 saturated heterocycles. The number of piperidine rings is 1. The molecule has 4 rings (SSSR count). The van der Waals surface area contributed by atoms with Gasteiger partial charge in [-0.15, -0.1) is 0 Å². The summed E-state index contributed by atoms with van der Waals surface area (Å²) < 4.78 is 6.00. The van der Waals surface area contributed by atoms with Crippen LogP contribution in [0.1, 0.15) is 35.7 Å². The van der Waals surface area contributed by atoms with Crippen LogP contribution in [0, 0.1) is 11.3 Å². The lowest BCUT2D eigenvalue weighted by molar-refractivity contribution is 0.0373. The van der Waals surface area contributed by atoms with E-state index in [0.29, 0.717) is 34.9 Å². The number of benzene rings is 1. The van der Waals surface area contributed by atoms with E-state index in [0.717, 1.165) is 12.8 Å². The van der Waals surface area contributed by atoms with Crippen molar-refractivity contribution in [1.29, 1.82) is 5.26 Å². The van der Waals surface area contributed by atoms with Crippen LogP contribution in [0.25, 0.3) is 11.4 Å². The topological polar surface area (TPSA) is 92.0 Å². The highest BCUT2D eigenvalue weighted by Gasteiger charge is 2.32. The smallest absolute Gasteiger partial charge is 0.254 e. The molecule has 7 nitrogen and oxygen atoms in total. The van der Waals surface area contributed by atoms with Gasteiger partial charge in [0.25, 0.3) is 5.91 Å². The Labute approximate surface area is 175 Å². The maximum absolute atomic E-state index is 13.5. The molecule has 0 saturated carbocycles. The monoisotopic (exact) mass is 399 g/mol. The summed E-state index contributed by atoms with van der Waals surface area (Å²) in [5, 5.41) is 9.07. The molecule has 2 atom stereocenters. The zero-order valence-electron chi connectivity index (χ0n) is 16.6. The normalized spacial score (nSPS) is 18.5. The molecule has 150 valence electrons. The molecular formula is C23H21N5O2. The number of likely N-dealkylation sites (tertiary alicyclic amines) is 1. The van der Waals surface area contributed by atoms with E-state index in [9.17, 15) is 4.79 Å². The number of carbonyl (C=O) groups is 1. The number of ether oxygens (including phenoxy) is 1. The molecule has 3 heterocycles. The summed E-state index contributed by atoms with van der Waals surface area (Å²) in [4.78, 5) is 28.1. The van der Waals surface area contributed by atoms with Crippen LogP contribution in [0.15, 0.2) is 61.1 Å². The molecule has 0 radical (unpaired) electrons. The lowest BCUT2D eigenvalue weighted by Gasteiger charge is -2.38. The molecule has 2 unspecified atom stereocenters. The van der Waals surface area contributed by atoms with Crippen LogP contribution in [-0.4, -0.2) is 44.4 Å². The van der Waals surface area contributed by atoms with Crippen LogP contribution in [0.3, 0.4) is 0 Å². The first-order chi connectivity index (χ1) is 14.7. The zero-order valence-corrected chi connectivity index (χ0v) is 16.6. The molecule has 1 aliphatic rings.